The van der Waals surface area contributed by atoms with Crippen molar-refractivity contribution in [2.75, 3.05) is 13.2 Å². The van der Waals surface area contributed by atoms with E-state index in [1.54, 1.807) is 25.3 Å². The number of rotatable bonds is 10. The Kier molecular flexibility index (Phi) is 21.0. The fourth-order valence-corrected chi connectivity index (χ4v) is 4.44. The first kappa shape index (κ1) is 41.0. The third kappa shape index (κ3) is 13.7. The minimum Gasteiger partial charge on any atom is -0.484 e. The highest BCUT2D eigenvalue weighted by Crippen LogP contribution is 2.43. The largest absolute Gasteiger partial charge is 0.484 e. The van der Waals surface area contributed by atoms with Crippen molar-refractivity contribution in [2.24, 2.45) is 0 Å². The number of hydrogen-bond donors (Lipinski definition) is 2. The van der Waals surface area contributed by atoms with Crippen molar-refractivity contribution in [3.63, 3.8) is 0 Å². The number of carbonyl (C=O) groups excluding carboxylic acids is 2. The van der Waals surface area contributed by atoms with Gasteiger partial charge >= 0.3 is 0 Å². The van der Waals surface area contributed by atoms with Crippen molar-refractivity contribution >= 4 is 11.8 Å². The fraction of sp³-hybridized carbons (Fsp3) is 0.618. The molecule has 240 valence electrons. The Morgan fingerprint density at radius 1 is 0.881 bits per heavy atom. The van der Waals surface area contributed by atoms with E-state index < -0.39 is 11.1 Å². The first-order chi connectivity index (χ1) is 20.0. The molecule has 7 nitrogen and oxygen atoms in total. The average Bonchev–Trinajstić information content (AvgIpc) is 3.00. The van der Waals surface area contributed by atoms with Crippen molar-refractivity contribution in [2.45, 2.75) is 126 Å². The van der Waals surface area contributed by atoms with E-state index in [2.05, 4.69) is 29.5 Å². The van der Waals surface area contributed by atoms with Crippen LogP contribution in [0.25, 0.3) is 0 Å². The average molecular weight is 592 g/mol. The maximum Gasteiger partial charge on any atom is 0.258 e. The van der Waals surface area contributed by atoms with Gasteiger partial charge in [0.2, 0.25) is 0 Å². The van der Waals surface area contributed by atoms with Crippen LogP contribution in [0.4, 0.5) is 4.39 Å². The molecule has 1 aromatic heterocycles. The Labute approximate surface area is 255 Å². The van der Waals surface area contributed by atoms with Crippen LogP contribution in [0.5, 0.6) is 11.5 Å². The molecule has 1 saturated carbocycles. The lowest BCUT2D eigenvalue weighted by Crippen LogP contribution is -2.70. The molecular weight excluding hydrogens is 533 g/mol. The van der Waals surface area contributed by atoms with Crippen molar-refractivity contribution < 1.29 is 23.5 Å². The summed E-state index contributed by atoms with van der Waals surface area (Å²) in [4.78, 5) is 29.2. The molecule has 8 heteroatoms. The zero-order chi connectivity index (χ0) is 32.9. The molecule has 1 fully saturated rings. The Balaban J connectivity index is 0. The minimum atomic E-state index is -0.459. The number of ether oxygens (including phenoxy) is 2. The quantitative estimate of drug-likeness (QED) is 0.291. The predicted octanol–water partition coefficient (Wildman–Crippen LogP) is 8.15. The Morgan fingerprint density at radius 3 is 1.83 bits per heavy atom. The van der Waals surface area contributed by atoms with E-state index in [9.17, 15) is 14.0 Å². The van der Waals surface area contributed by atoms with Gasteiger partial charge in [0.15, 0.2) is 13.2 Å². The molecular formula is C34H58FN3O4. The predicted molar refractivity (Wildman–Crippen MR) is 173 cm³/mol. The van der Waals surface area contributed by atoms with Gasteiger partial charge in [-0.25, -0.2) is 4.39 Å². The molecule has 1 aliphatic carbocycles. The second kappa shape index (κ2) is 21.5. The zero-order valence-electron chi connectivity index (χ0n) is 28.5. The molecule has 42 heavy (non-hydrogen) atoms. The van der Waals surface area contributed by atoms with Crippen molar-refractivity contribution in [1.82, 2.24) is 15.6 Å². The van der Waals surface area contributed by atoms with Crippen LogP contribution in [0.3, 0.4) is 0 Å². The molecule has 3 rings (SSSR count). The van der Waals surface area contributed by atoms with Crippen LogP contribution < -0.4 is 20.1 Å². The van der Waals surface area contributed by atoms with Gasteiger partial charge in [-0.2, -0.15) is 0 Å². The van der Waals surface area contributed by atoms with E-state index in [4.69, 9.17) is 9.47 Å². The number of pyridine rings is 1. The summed E-state index contributed by atoms with van der Waals surface area (Å²) in [6, 6.07) is 8.21. The summed E-state index contributed by atoms with van der Waals surface area (Å²) in [6.45, 7) is 25.4. The van der Waals surface area contributed by atoms with Crippen molar-refractivity contribution in [3.8, 4) is 11.5 Å². The van der Waals surface area contributed by atoms with E-state index in [1.165, 1.54) is 6.07 Å². The van der Waals surface area contributed by atoms with Gasteiger partial charge in [-0.1, -0.05) is 82.2 Å². The highest BCUT2D eigenvalue weighted by molar-refractivity contribution is 5.80. The smallest absolute Gasteiger partial charge is 0.258 e. The van der Waals surface area contributed by atoms with Crippen LogP contribution in [-0.4, -0.2) is 41.1 Å². The molecule has 0 bridgehead atoms. The molecule has 0 aliphatic heterocycles. The first-order valence-corrected chi connectivity index (χ1v) is 15.6. The third-order valence-electron chi connectivity index (χ3n) is 6.21. The van der Waals surface area contributed by atoms with Gasteiger partial charge in [0.1, 0.15) is 17.3 Å². The normalized spacial score (nSPS) is 18.0. The number of aryl methyl sites for hydroxylation is 1. The summed E-state index contributed by atoms with van der Waals surface area (Å²) < 4.78 is 24.6. The van der Waals surface area contributed by atoms with Gasteiger partial charge in [0.05, 0.1) is 6.20 Å². The van der Waals surface area contributed by atoms with E-state index >= 15 is 0 Å². The van der Waals surface area contributed by atoms with Gasteiger partial charge in [-0.15, -0.1) is 0 Å². The topological polar surface area (TPSA) is 89.5 Å². The fourth-order valence-electron chi connectivity index (χ4n) is 4.44. The summed E-state index contributed by atoms with van der Waals surface area (Å²) in [7, 11) is 0. The number of benzene rings is 1. The molecule has 0 atom stereocenters. The van der Waals surface area contributed by atoms with Crippen LogP contribution in [0, 0.1) is 12.7 Å². The van der Waals surface area contributed by atoms with Crippen LogP contribution in [0.1, 0.15) is 120 Å². The second-order valence-electron chi connectivity index (χ2n) is 9.71. The molecule has 2 aromatic rings. The number of nitrogens with zero attached hydrogens (tertiary/aromatic N) is 1. The summed E-state index contributed by atoms with van der Waals surface area (Å²) in [5.74, 6) is 0.297. The monoisotopic (exact) mass is 591 g/mol. The maximum absolute atomic E-state index is 13.6. The molecule has 0 saturated heterocycles. The minimum absolute atomic E-state index is 0.103. The van der Waals surface area contributed by atoms with Crippen molar-refractivity contribution in [3.05, 3.63) is 53.6 Å². The standard InChI is InChI=1S/C26H34FN3O4.4C2H6/c1-6-26(30-24(32)14-34-20-9-10-22(17(2)3)28-12-20)15-25(5,16-26)29-23(31)13-33-19-8-7-18(4)21(27)11-19;4*1-2/h7-12,17H,6,13-16H2,1-5H3,(H,29,31)(H,30,32);4*1-2H3. The molecule has 2 N–H and O–H groups in total. The Morgan fingerprint density at radius 2 is 1.38 bits per heavy atom. The number of amides is 2. The lowest BCUT2D eigenvalue weighted by Gasteiger charge is -2.55. The Hall–Kier alpha value is -3.16. The van der Waals surface area contributed by atoms with E-state index in [1.807, 2.05) is 81.4 Å². The summed E-state index contributed by atoms with van der Waals surface area (Å²) in [5.41, 5.74) is 0.625. The van der Waals surface area contributed by atoms with Gasteiger partial charge < -0.3 is 20.1 Å². The molecule has 1 aromatic carbocycles. The molecule has 1 heterocycles. The molecule has 2 amide bonds. The summed E-state index contributed by atoms with van der Waals surface area (Å²) >= 11 is 0. The number of aromatic nitrogens is 1. The molecule has 0 radical (unpaired) electrons. The van der Waals surface area contributed by atoms with Gasteiger partial charge in [-0.3, -0.25) is 14.6 Å². The van der Waals surface area contributed by atoms with E-state index in [0.29, 0.717) is 35.8 Å². The Bertz CT molecular complexity index is 1020. The maximum atomic E-state index is 13.6. The van der Waals surface area contributed by atoms with Crippen molar-refractivity contribution in [1.29, 1.82) is 0 Å². The lowest BCUT2D eigenvalue weighted by molar-refractivity contribution is -0.130. The highest BCUT2D eigenvalue weighted by atomic mass is 19.1. The molecule has 1 aliphatic rings. The molecule has 0 unspecified atom stereocenters. The number of carbonyl (C=O) groups is 2. The molecule has 0 spiro atoms. The SMILES string of the molecule is CC.CC.CC.CC.CCC1(NC(=O)COc2ccc(C(C)C)nc2)CC(C)(NC(=O)COc2ccc(C)c(F)c2)C1. The lowest BCUT2D eigenvalue weighted by atomic mass is 9.62. The van der Waals surface area contributed by atoms with Gasteiger partial charge in [-0.05, 0) is 62.8 Å². The van der Waals surface area contributed by atoms with Crippen LogP contribution in [0.15, 0.2) is 36.5 Å². The van der Waals surface area contributed by atoms with Gasteiger partial charge in [0.25, 0.3) is 11.8 Å². The zero-order valence-corrected chi connectivity index (χ0v) is 28.5. The summed E-state index contributed by atoms with van der Waals surface area (Å²) in [6.07, 6.45) is 3.55. The number of hydrogen-bond acceptors (Lipinski definition) is 5. The first-order valence-electron chi connectivity index (χ1n) is 15.6. The van der Waals surface area contributed by atoms with Gasteiger partial charge in [0, 0.05) is 22.8 Å². The van der Waals surface area contributed by atoms with Crippen LogP contribution in [-0.2, 0) is 9.59 Å². The number of halogens is 1. The third-order valence-corrected chi connectivity index (χ3v) is 6.21. The number of nitrogens with one attached hydrogen (secondary N) is 2. The highest BCUT2D eigenvalue weighted by Gasteiger charge is 2.52. The summed E-state index contributed by atoms with van der Waals surface area (Å²) in [5, 5.41) is 6.04. The van der Waals surface area contributed by atoms with E-state index in [0.717, 1.165) is 12.1 Å². The second-order valence-corrected chi connectivity index (χ2v) is 9.71. The van der Waals surface area contributed by atoms with E-state index in [-0.39, 0.29) is 30.8 Å². The van der Waals surface area contributed by atoms with Crippen LogP contribution >= 0.6 is 0 Å². The van der Waals surface area contributed by atoms with Crippen LogP contribution in [0.2, 0.25) is 0 Å².